The maximum atomic E-state index is 13.3. The Morgan fingerprint density at radius 3 is 2.53 bits per heavy atom. The highest BCUT2D eigenvalue weighted by Crippen LogP contribution is 2.26. The summed E-state index contributed by atoms with van der Waals surface area (Å²) in [6.45, 7) is 1.93. The molecule has 2 heterocycles. The predicted molar refractivity (Wildman–Crippen MR) is 125 cm³/mol. The molecular formula is C24H22N4O5S. The van der Waals surface area contributed by atoms with E-state index in [1.165, 1.54) is 12.5 Å². The van der Waals surface area contributed by atoms with Crippen LogP contribution in [0.2, 0.25) is 0 Å². The number of urea groups is 1. The number of esters is 1. The highest BCUT2D eigenvalue weighted by molar-refractivity contribution is 7.14. The van der Waals surface area contributed by atoms with E-state index in [4.69, 9.17) is 0 Å². The summed E-state index contributed by atoms with van der Waals surface area (Å²) in [6.07, 6.45) is 0.113. The van der Waals surface area contributed by atoms with Crippen molar-refractivity contribution in [1.29, 1.82) is 0 Å². The Labute approximate surface area is 199 Å². The molecule has 174 valence electrons. The largest absolute Gasteiger partial charge is 0.464 e. The monoisotopic (exact) mass is 478 g/mol. The minimum atomic E-state index is -1.13. The van der Waals surface area contributed by atoms with Gasteiger partial charge in [-0.3, -0.25) is 9.59 Å². The minimum absolute atomic E-state index is 0.0526. The molecule has 0 aliphatic carbocycles. The van der Waals surface area contributed by atoms with Crippen LogP contribution in [0.4, 0.5) is 9.93 Å². The van der Waals surface area contributed by atoms with Gasteiger partial charge in [0.2, 0.25) is 5.91 Å². The molecule has 0 spiro atoms. The number of nitrogens with zero attached hydrogens (tertiary/aromatic N) is 2. The van der Waals surface area contributed by atoms with Crippen molar-refractivity contribution in [2.45, 2.75) is 25.4 Å². The SMILES string of the molecule is COC(=O)c1csc(NC(=O)C(Cc2ccccc2)N2C(=O)NC(c3ccc(C)cc3)C2=O)n1. The van der Waals surface area contributed by atoms with Crippen LogP contribution in [0.1, 0.15) is 33.2 Å². The average Bonchev–Trinajstić information content (AvgIpc) is 3.42. The Hall–Kier alpha value is -4.05. The highest BCUT2D eigenvalue weighted by atomic mass is 32.1. The van der Waals surface area contributed by atoms with Gasteiger partial charge in [-0.25, -0.2) is 19.5 Å². The van der Waals surface area contributed by atoms with Crippen LogP contribution in [-0.4, -0.2) is 46.9 Å². The molecule has 1 aliphatic rings. The predicted octanol–water partition coefficient (Wildman–Crippen LogP) is 3.08. The average molecular weight is 479 g/mol. The number of carbonyl (C=O) groups is 4. The second-order valence-corrected chi connectivity index (χ2v) is 8.58. The summed E-state index contributed by atoms with van der Waals surface area (Å²) >= 11 is 1.04. The van der Waals surface area contributed by atoms with E-state index < -0.39 is 35.9 Å². The van der Waals surface area contributed by atoms with Crippen LogP contribution in [0.25, 0.3) is 0 Å². The van der Waals surface area contributed by atoms with Crippen molar-refractivity contribution in [3.63, 3.8) is 0 Å². The lowest BCUT2D eigenvalue weighted by Crippen LogP contribution is -2.49. The lowest BCUT2D eigenvalue weighted by atomic mass is 10.0. The maximum absolute atomic E-state index is 13.3. The zero-order valence-corrected chi connectivity index (χ0v) is 19.3. The normalized spacial score (nSPS) is 16.2. The van der Waals surface area contributed by atoms with Crippen LogP contribution in [-0.2, 0) is 20.7 Å². The van der Waals surface area contributed by atoms with Crippen LogP contribution < -0.4 is 10.6 Å². The van der Waals surface area contributed by atoms with Crippen molar-refractivity contribution < 1.29 is 23.9 Å². The zero-order chi connectivity index (χ0) is 24.2. The highest BCUT2D eigenvalue weighted by Gasteiger charge is 2.45. The Bertz CT molecular complexity index is 1230. The third-order valence-corrected chi connectivity index (χ3v) is 6.15. The fourth-order valence-corrected chi connectivity index (χ4v) is 4.31. The molecule has 0 bridgehead atoms. The number of carbonyl (C=O) groups excluding carboxylic acids is 4. The first-order valence-electron chi connectivity index (χ1n) is 10.5. The van der Waals surface area contributed by atoms with Crippen LogP contribution >= 0.6 is 11.3 Å². The van der Waals surface area contributed by atoms with Crippen molar-refractivity contribution in [1.82, 2.24) is 15.2 Å². The quantitative estimate of drug-likeness (QED) is 0.398. The number of rotatable bonds is 7. The van der Waals surface area contributed by atoms with E-state index in [1.807, 2.05) is 49.4 Å². The van der Waals surface area contributed by atoms with Gasteiger partial charge >= 0.3 is 12.0 Å². The first-order valence-corrected chi connectivity index (χ1v) is 11.3. The first kappa shape index (κ1) is 23.1. The minimum Gasteiger partial charge on any atom is -0.464 e. The van der Waals surface area contributed by atoms with Crippen molar-refractivity contribution in [2.75, 3.05) is 12.4 Å². The van der Waals surface area contributed by atoms with Crippen LogP contribution in [0.15, 0.2) is 60.0 Å². The molecule has 4 amide bonds. The summed E-state index contributed by atoms with van der Waals surface area (Å²) in [6, 6.07) is 13.7. The molecule has 2 atom stereocenters. The third-order valence-electron chi connectivity index (χ3n) is 5.40. The van der Waals surface area contributed by atoms with E-state index in [-0.39, 0.29) is 17.2 Å². The molecule has 1 fully saturated rings. The number of methoxy groups -OCH3 is 1. The van der Waals surface area contributed by atoms with Gasteiger partial charge in [0.05, 0.1) is 7.11 Å². The molecule has 1 saturated heterocycles. The van der Waals surface area contributed by atoms with E-state index >= 15 is 0 Å². The molecule has 2 aromatic carbocycles. The number of aryl methyl sites for hydroxylation is 1. The van der Waals surface area contributed by atoms with E-state index in [0.29, 0.717) is 5.56 Å². The summed E-state index contributed by atoms with van der Waals surface area (Å²) in [5.41, 5.74) is 2.48. The van der Waals surface area contributed by atoms with E-state index in [2.05, 4.69) is 20.4 Å². The van der Waals surface area contributed by atoms with Crippen molar-refractivity contribution in [3.05, 3.63) is 82.4 Å². The van der Waals surface area contributed by atoms with Gasteiger partial charge in [0.15, 0.2) is 10.8 Å². The van der Waals surface area contributed by atoms with E-state index in [1.54, 1.807) is 12.1 Å². The van der Waals surface area contributed by atoms with Gasteiger partial charge in [0.25, 0.3) is 5.91 Å². The molecule has 34 heavy (non-hydrogen) atoms. The number of hydrogen-bond acceptors (Lipinski definition) is 7. The second-order valence-electron chi connectivity index (χ2n) is 7.73. The molecule has 9 nitrogen and oxygen atoms in total. The smallest absolute Gasteiger partial charge is 0.357 e. The van der Waals surface area contributed by atoms with Gasteiger partial charge in [-0.05, 0) is 18.1 Å². The zero-order valence-electron chi connectivity index (χ0n) is 18.5. The molecule has 10 heteroatoms. The topological polar surface area (TPSA) is 118 Å². The Balaban J connectivity index is 1.61. The number of benzene rings is 2. The third kappa shape index (κ3) is 4.81. The maximum Gasteiger partial charge on any atom is 0.357 e. The summed E-state index contributed by atoms with van der Waals surface area (Å²) in [5, 5.41) is 6.92. The summed E-state index contributed by atoms with van der Waals surface area (Å²) in [7, 11) is 1.23. The molecule has 1 aromatic heterocycles. The molecule has 0 radical (unpaired) electrons. The van der Waals surface area contributed by atoms with Crippen LogP contribution in [0.3, 0.4) is 0 Å². The van der Waals surface area contributed by atoms with Crippen molar-refractivity contribution in [3.8, 4) is 0 Å². The molecule has 4 rings (SSSR count). The second kappa shape index (κ2) is 9.84. The lowest BCUT2D eigenvalue weighted by Gasteiger charge is -2.24. The summed E-state index contributed by atoms with van der Waals surface area (Å²) in [4.78, 5) is 56.2. The van der Waals surface area contributed by atoms with Gasteiger partial charge in [-0.15, -0.1) is 11.3 Å². The molecule has 0 saturated carbocycles. The van der Waals surface area contributed by atoms with Crippen LogP contribution in [0, 0.1) is 6.92 Å². The molecule has 2 unspecified atom stereocenters. The van der Waals surface area contributed by atoms with Gasteiger partial charge in [-0.2, -0.15) is 0 Å². The van der Waals surface area contributed by atoms with Gasteiger partial charge < -0.3 is 15.4 Å². The van der Waals surface area contributed by atoms with Gasteiger partial charge in [0.1, 0.15) is 12.1 Å². The number of imide groups is 1. The first-order chi connectivity index (χ1) is 16.4. The number of thiazole rings is 1. The van der Waals surface area contributed by atoms with Crippen molar-refractivity contribution >= 4 is 40.3 Å². The molecule has 3 aromatic rings. The standard InChI is InChI=1S/C24H22N4O5S/c1-14-8-10-16(11-9-14)19-21(30)28(24(32)26-19)18(12-15-6-4-3-5-7-15)20(29)27-23-25-17(13-34-23)22(31)33-2/h3-11,13,18-19H,12H2,1-2H3,(H,26,32)(H,25,27,29). The summed E-state index contributed by atoms with van der Waals surface area (Å²) in [5.74, 6) is -1.74. The van der Waals surface area contributed by atoms with E-state index in [0.717, 1.165) is 27.4 Å². The van der Waals surface area contributed by atoms with E-state index in [9.17, 15) is 19.2 Å². The Morgan fingerprint density at radius 1 is 1.15 bits per heavy atom. The Morgan fingerprint density at radius 2 is 1.85 bits per heavy atom. The Kier molecular flexibility index (Phi) is 6.69. The number of anilines is 1. The summed E-state index contributed by atoms with van der Waals surface area (Å²) < 4.78 is 4.64. The van der Waals surface area contributed by atoms with Gasteiger partial charge in [0, 0.05) is 11.8 Å². The molecule has 1 aliphatic heterocycles. The fraction of sp³-hybridized carbons (Fsp3) is 0.208. The number of nitrogens with one attached hydrogen (secondary N) is 2. The van der Waals surface area contributed by atoms with Crippen LogP contribution in [0.5, 0.6) is 0 Å². The fourth-order valence-electron chi connectivity index (χ4n) is 3.63. The number of hydrogen-bond donors (Lipinski definition) is 2. The number of amides is 4. The molecule has 2 N–H and O–H groups in total. The van der Waals surface area contributed by atoms with Gasteiger partial charge in [-0.1, -0.05) is 60.2 Å². The lowest BCUT2D eigenvalue weighted by molar-refractivity contribution is -0.134. The van der Waals surface area contributed by atoms with Crippen molar-refractivity contribution in [2.24, 2.45) is 0 Å². The number of aromatic nitrogens is 1. The number of ether oxygens (including phenoxy) is 1. The molecular weight excluding hydrogens is 456 g/mol.